The molecule has 0 saturated heterocycles. The van der Waals surface area contributed by atoms with E-state index in [2.05, 4.69) is 31.1 Å². The van der Waals surface area contributed by atoms with Gasteiger partial charge in [0.1, 0.15) is 0 Å². The number of hydrogen-bond donors (Lipinski definition) is 1. The van der Waals surface area contributed by atoms with Crippen molar-refractivity contribution in [3.05, 3.63) is 0 Å². The predicted molar refractivity (Wildman–Crippen MR) is 60.8 cm³/mol. The molecule has 1 rings (SSSR count). The number of rotatable bonds is 1. The first-order chi connectivity index (χ1) is 5.71. The zero-order valence-electron chi connectivity index (χ0n) is 9.78. The molecule has 0 amide bonds. The molecule has 1 fully saturated rings. The van der Waals surface area contributed by atoms with E-state index in [0.717, 1.165) is 6.42 Å². The molecule has 13 heavy (non-hydrogen) atoms. The van der Waals surface area contributed by atoms with Gasteiger partial charge in [-0.25, -0.2) is 0 Å². The van der Waals surface area contributed by atoms with Crippen molar-refractivity contribution in [1.29, 1.82) is 0 Å². The Labute approximate surface area is 85.3 Å². The Morgan fingerprint density at radius 1 is 1.00 bits per heavy atom. The third-order valence-electron chi connectivity index (χ3n) is 4.43. The summed E-state index contributed by atoms with van der Waals surface area (Å²) < 4.78 is 0.255. The quantitative estimate of drug-likeness (QED) is 0.701. The van der Waals surface area contributed by atoms with Gasteiger partial charge in [0, 0.05) is 0 Å². The van der Waals surface area contributed by atoms with Gasteiger partial charge in [-0.1, -0.05) is 0 Å². The SMILES string of the molecule is C[C@]1(O)CCCC[C@]1(C)[Ge]([CH3])([CH3])[CH3]. The first kappa shape index (κ1) is 11.6. The van der Waals surface area contributed by atoms with Crippen LogP contribution >= 0.6 is 0 Å². The van der Waals surface area contributed by atoms with E-state index in [4.69, 9.17) is 0 Å². The van der Waals surface area contributed by atoms with Crippen LogP contribution in [0.5, 0.6) is 0 Å². The van der Waals surface area contributed by atoms with E-state index in [0.29, 0.717) is 0 Å². The van der Waals surface area contributed by atoms with Crippen LogP contribution in [0.4, 0.5) is 0 Å². The zero-order chi connectivity index (χ0) is 10.3. The molecule has 1 nitrogen and oxygen atoms in total. The Bertz CT molecular complexity index is 193. The molecule has 0 aromatic rings. The van der Waals surface area contributed by atoms with Gasteiger partial charge in [-0.2, -0.15) is 0 Å². The van der Waals surface area contributed by atoms with Gasteiger partial charge in [0.2, 0.25) is 0 Å². The van der Waals surface area contributed by atoms with Gasteiger partial charge >= 0.3 is 85.0 Å². The molecule has 1 aliphatic carbocycles. The van der Waals surface area contributed by atoms with Gasteiger partial charge in [-0.05, 0) is 0 Å². The minimum atomic E-state index is -1.78. The number of aliphatic hydroxyl groups is 1. The van der Waals surface area contributed by atoms with Crippen LogP contribution < -0.4 is 0 Å². The Balaban J connectivity index is 2.98. The van der Waals surface area contributed by atoms with Crippen LogP contribution in [0.3, 0.4) is 0 Å². The molecule has 0 heterocycles. The van der Waals surface area contributed by atoms with Crippen molar-refractivity contribution in [2.24, 2.45) is 0 Å². The summed E-state index contributed by atoms with van der Waals surface area (Å²) in [5.74, 6) is 7.29. The van der Waals surface area contributed by atoms with E-state index in [9.17, 15) is 5.11 Å². The average Bonchev–Trinajstić information content (AvgIpc) is 1.93. The first-order valence-corrected chi connectivity index (χ1v) is 12.8. The molecular weight excluding hydrogens is 221 g/mol. The maximum absolute atomic E-state index is 10.5. The molecule has 1 saturated carbocycles. The molecule has 0 aromatic heterocycles. The van der Waals surface area contributed by atoms with Crippen LogP contribution in [0.1, 0.15) is 39.5 Å². The average molecular weight is 245 g/mol. The molecule has 2 atom stereocenters. The van der Waals surface area contributed by atoms with Gasteiger partial charge in [0.05, 0.1) is 0 Å². The normalized spacial score (nSPS) is 42.0. The summed E-state index contributed by atoms with van der Waals surface area (Å²) in [7, 11) is 0. The molecular formula is C11H24GeO. The molecule has 2 heteroatoms. The Morgan fingerprint density at radius 2 is 1.46 bits per heavy atom. The van der Waals surface area contributed by atoms with Crippen LogP contribution in [0, 0.1) is 0 Å². The van der Waals surface area contributed by atoms with Gasteiger partial charge in [0.25, 0.3) is 0 Å². The Hall–Kier alpha value is 0.503. The second-order valence-corrected chi connectivity index (χ2v) is 17.8. The molecule has 1 aliphatic rings. The van der Waals surface area contributed by atoms with E-state index in [1.807, 2.05) is 0 Å². The van der Waals surface area contributed by atoms with Crippen molar-refractivity contribution in [2.75, 3.05) is 0 Å². The van der Waals surface area contributed by atoms with E-state index in [1.165, 1.54) is 19.3 Å². The molecule has 0 aliphatic heterocycles. The third kappa shape index (κ3) is 1.82. The van der Waals surface area contributed by atoms with E-state index in [1.54, 1.807) is 0 Å². The Kier molecular flexibility index (Phi) is 2.91. The summed E-state index contributed by atoms with van der Waals surface area (Å²) in [5, 5.41) is 10.5. The van der Waals surface area contributed by atoms with Gasteiger partial charge in [-0.3, -0.25) is 0 Å². The summed E-state index contributed by atoms with van der Waals surface area (Å²) in [4.78, 5) is 0. The summed E-state index contributed by atoms with van der Waals surface area (Å²) in [6, 6.07) is 0. The summed E-state index contributed by atoms with van der Waals surface area (Å²) in [6.07, 6.45) is 4.77. The van der Waals surface area contributed by atoms with Crippen molar-refractivity contribution in [3.63, 3.8) is 0 Å². The summed E-state index contributed by atoms with van der Waals surface area (Å²) >= 11 is -1.78. The zero-order valence-corrected chi connectivity index (χ0v) is 11.9. The second kappa shape index (κ2) is 3.27. The van der Waals surface area contributed by atoms with Gasteiger partial charge in [0.15, 0.2) is 0 Å². The molecule has 1 N–H and O–H groups in total. The van der Waals surface area contributed by atoms with Crippen molar-refractivity contribution in [3.8, 4) is 0 Å². The third-order valence-corrected chi connectivity index (χ3v) is 13.0. The van der Waals surface area contributed by atoms with Crippen LogP contribution in [0.25, 0.3) is 0 Å². The maximum atomic E-state index is 10.5. The van der Waals surface area contributed by atoms with E-state index < -0.39 is 18.9 Å². The van der Waals surface area contributed by atoms with Gasteiger partial charge < -0.3 is 0 Å². The molecule has 0 unspecified atom stereocenters. The van der Waals surface area contributed by atoms with Crippen LogP contribution in [-0.2, 0) is 0 Å². The topological polar surface area (TPSA) is 20.2 Å². The van der Waals surface area contributed by atoms with E-state index in [-0.39, 0.29) is 4.25 Å². The fourth-order valence-electron chi connectivity index (χ4n) is 2.68. The molecule has 0 aromatic carbocycles. The molecule has 78 valence electrons. The van der Waals surface area contributed by atoms with Crippen LogP contribution in [0.2, 0.25) is 21.5 Å². The molecule has 0 radical (unpaired) electrons. The standard InChI is InChI=1S/C11H24GeO/c1-10(12(3,4)5)8-6-7-9-11(10,2)13/h13H,6-9H2,1-5H3/t10-,11-/m0/s1. The van der Waals surface area contributed by atoms with Crippen molar-refractivity contribution in [1.82, 2.24) is 0 Å². The monoisotopic (exact) mass is 246 g/mol. The second-order valence-electron chi connectivity index (χ2n) is 6.06. The molecule has 0 spiro atoms. The predicted octanol–water partition coefficient (Wildman–Crippen LogP) is 3.41. The van der Waals surface area contributed by atoms with E-state index >= 15 is 0 Å². The summed E-state index contributed by atoms with van der Waals surface area (Å²) in [6.45, 7) is 4.38. The van der Waals surface area contributed by atoms with Crippen molar-refractivity contribution < 1.29 is 5.11 Å². The first-order valence-electron chi connectivity index (χ1n) is 5.43. The van der Waals surface area contributed by atoms with Gasteiger partial charge in [-0.15, -0.1) is 0 Å². The van der Waals surface area contributed by atoms with Crippen molar-refractivity contribution in [2.45, 2.75) is 66.6 Å². The van der Waals surface area contributed by atoms with Crippen LogP contribution in [-0.4, -0.2) is 24.0 Å². The minimum absolute atomic E-state index is 0.255. The number of hydrogen-bond acceptors (Lipinski definition) is 1. The fraction of sp³-hybridized carbons (Fsp3) is 1.00. The molecule has 0 bridgehead atoms. The summed E-state index contributed by atoms with van der Waals surface area (Å²) in [5.41, 5.74) is -0.399. The van der Waals surface area contributed by atoms with Crippen LogP contribution in [0.15, 0.2) is 0 Å². The fourth-order valence-corrected chi connectivity index (χ4v) is 8.27. The van der Waals surface area contributed by atoms with Crippen molar-refractivity contribution >= 4 is 13.3 Å². The Morgan fingerprint density at radius 3 is 1.77 bits per heavy atom.